The standard InChI is InChI=1S/C11H20N2/c1-3-11-9-13(10-4-5-10)8-2-7-12(11)6-1/h10-11H,1-9H2. The third-order valence-electron chi connectivity index (χ3n) is 3.90. The summed E-state index contributed by atoms with van der Waals surface area (Å²) in [5.41, 5.74) is 0. The summed E-state index contributed by atoms with van der Waals surface area (Å²) in [7, 11) is 0. The molecule has 0 aromatic heterocycles. The molecule has 3 fully saturated rings. The Labute approximate surface area is 80.9 Å². The number of fused-ring (bicyclic) bond motifs is 1. The van der Waals surface area contributed by atoms with Gasteiger partial charge in [0.2, 0.25) is 0 Å². The molecule has 0 N–H and O–H groups in total. The van der Waals surface area contributed by atoms with Crippen LogP contribution in [-0.4, -0.2) is 48.1 Å². The Bertz CT molecular complexity index is 189. The summed E-state index contributed by atoms with van der Waals surface area (Å²) in [6.07, 6.45) is 7.28. The van der Waals surface area contributed by atoms with Crippen molar-refractivity contribution in [2.24, 2.45) is 0 Å². The Kier molecular flexibility index (Phi) is 2.06. The quantitative estimate of drug-likeness (QED) is 0.600. The average molecular weight is 180 g/mol. The van der Waals surface area contributed by atoms with Crippen LogP contribution in [0.2, 0.25) is 0 Å². The summed E-state index contributed by atoms with van der Waals surface area (Å²) in [4.78, 5) is 5.48. The van der Waals surface area contributed by atoms with E-state index in [9.17, 15) is 0 Å². The van der Waals surface area contributed by atoms with E-state index in [0.29, 0.717) is 0 Å². The molecular formula is C11H20N2. The molecule has 1 unspecified atom stereocenters. The zero-order valence-electron chi connectivity index (χ0n) is 8.41. The van der Waals surface area contributed by atoms with Gasteiger partial charge in [-0.05, 0) is 51.7 Å². The first kappa shape index (κ1) is 8.25. The van der Waals surface area contributed by atoms with Gasteiger partial charge in [-0.2, -0.15) is 0 Å². The maximum atomic E-state index is 2.76. The third kappa shape index (κ3) is 1.62. The van der Waals surface area contributed by atoms with Crippen molar-refractivity contribution in [2.45, 2.75) is 44.2 Å². The highest BCUT2D eigenvalue weighted by Crippen LogP contribution is 2.30. The largest absolute Gasteiger partial charge is 0.299 e. The summed E-state index contributed by atoms with van der Waals surface area (Å²) in [6, 6.07) is 1.91. The molecule has 74 valence electrons. The molecule has 2 aliphatic heterocycles. The van der Waals surface area contributed by atoms with Gasteiger partial charge in [-0.15, -0.1) is 0 Å². The SMILES string of the molecule is C1CC2CN(C3CC3)CCCN2C1. The minimum absolute atomic E-state index is 0.920. The van der Waals surface area contributed by atoms with Crippen molar-refractivity contribution in [3.63, 3.8) is 0 Å². The van der Waals surface area contributed by atoms with Gasteiger partial charge >= 0.3 is 0 Å². The lowest BCUT2D eigenvalue weighted by molar-refractivity contribution is 0.214. The van der Waals surface area contributed by atoms with E-state index in [0.717, 1.165) is 12.1 Å². The fourth-order valence-electron chi connectivity index (χ4n) is 3.01. The van der Waals surface area contributed by atoms with Crippen LogP contribution in [0.5, 0.6) is 0 Å². The molecule has 1 saturated carbocycles. The van der Waals surface area contributed by atoms with Gasteiger partial charge in [-0.1, -0.05) is 0 Å². The summed E-state index contributed by atoms with van der Waals surface area (Å²) < 4.78 is 0. The van der Waals surface area contributed by atoms with Crippen LogP contribution in [0.25, 0.3) is 0 Å². The van der Waals surface area contributed by atoms with Gasteiger partial charge in [0.25, 0.3) is 0 Å². The molecule has 2 saturated heterocycles. The maximum Gasteiger partial charge on any atom is 0.0223 e. The van der Waals surface area contributed by atoms with Crippen LogP contribution < -0.4 is 0 Å². The Balaban J connectivity index is 1.66. The molecule has 0 spiro atoms. The predicted molar refractivity (Wildman–Crippen MR) is 53.8 cm³/mol. The lowest BCUT2D eigenvalue weighted by atomic mass is 10.2. The van der Waals surface area contributed by atoms with Gasteiger partial charge in [-0.25, -0.2) is 0 Å². The molecule has 2 heteroatoms. The smallest absolute Gasteiger partial charge is 0.0223 e. The second-order valence-electron chi connectivity index (χ2n) is 4.91. The number of hydrogen-bond acceptors (Lipinski definition) is 2. The molecule has 0 aromatic carbocycles. The molecule has 0 amide bonds. The van der Waals surface area contributed by atoms with E-state index in [4.69, 9.17) is 0 Å². The summed E-state index contributed by atoms with van der Waals surface area (Å²) in [5.74, 6) is 0. The van der Waals surface area contributed by atoms with Gasteiger partial charge in [0.1, 0.15) is 0 Å². The molecule has 0 aromatic rings. The number of rotatable bonds is 1. The molecule has 3 aliphatic rings. The van der Waals surface area contributed by atoms with E-state index in [1.54, 1.807) is 0 Å². The van der Waals surface area contributed by atoms with Gasteiger partial charge in [0.15, 0.2) is 0 Å². The molecular weight excluding hydrogens is 160 g/mol. The second-order valence-corrected chi connectivity index (χ2v) is 4.91. The fourth-order valence-corrected chi connectivity index (χ4v) is 3.01. The lowest BCUT2D eigenvalue weighted by Crippen LogP contribution is -2.37. The molecule has 2 heterocycles. The first-order valence-corrected chi connectivity index (χ1v) is 5.91. The van der Waals surface area contributed by atoms with E-state index < -0.39 is 0 Å². The van der Waals surface area contributed by atoms with Crippen molar-refractivity contribution in [3.8, 4) is 0 Å². The highest BCUT2D eigenvalue weighted by Gasteiger charge is 2.35. The molecule has 1 aliphatic carbocycles. The van der Waals surface area contributed by atoms with Crippen LogP contribution in [0.3, 0.4) is 0 Å². The van der Waals surface area contributed by atoms with Crippen LogP contribution in [0.15, 0.2) is 0 Å². The van der Waals surface area contributed by atoms with E-state index in [1.165, 1.54) is 58.3 Å². The minimum atomic E-state index is 0.920. The van der Waals surface area contributed by atoms with Crippen molar-refractivity contribution in [2.75, 3.05) is 26.2 Å². The van der Waals surface area contributed by atoms with Crippen LogP contribution in [0, 0.1) is 0 Å². The van der Waals surface area contributed by atoms with Gasteiger partial charge < -0.3 is 0 Å². The first-order chi connectivity index (χ1) is 6.43. The Morgan fingerprint density at radius 3 is 2.31 bits per heavy atom. The van der Waals surface area contributed by atoms with Crippen molar-refractivity contribution in [1.82, 2.24) is 9.80 Å². The van der Waals surface area contributed by atoms with Crippen LogP contribution in [0.4, 0.5) is 0 Å². The first-order valence-electron chi connectivity index (χ1n) is 5.91. The Morgan fingerprint density at radius 1 is 0.692 bits per heavy atom. The second kappa shape index (κ2) is 3.25. The Hall–Kier alpha value is -0.0800. The predicted octanol–water partition coefficient (Wildman–Crippen LogP) is 1.32. The maximum absolute atomic E-state index is 2.76. The molecule has 0 bridgehead atoms. The molecule has 0 radical (unpaired) electrons. The fraction of sp³-hybridized carbons (Fsp3) is 1.00. The molecule has 1 atom stereocenters. The van der Waals surface area contributed by atoms with E-state index in [2.05, 4.69) is 9.80 Å². The number of nitrogens with zero attached hydrogens (tertiary/aromatic N) is 2. The highest BCUT2D eigenvalue weighted by atomic mass is 15.3. The molecule has 13 heavy (non-hydrogen) atoms. The molecule has 3 rings (SSSR count). The van der Waals surface area contributed by atoms with Crippen molar-refractivity contribution >= 4 is 0 Å². The van der Waals surface area contributed by atoms with Crippen LogP contribution in [0.1, 0.15) is 32.1 Å². The zero-order chi connectivity index (χ0) is 8.67. The van der Waals surface area contributed by atoms with E-state index in [1.807, 2.05) is 0 Å². The summed E-state index contributed by atoms with van der Waals surface area (Å²) in [5, 5.41) is 0. The Morgan fingerprint density at radius 2 is 1.46 bits per heavy atom. The van der Waals surface area contributed by atoms with Crippen molar-refractivity contribution in [1.29, 1.82) is 0 Å². The third-order valence-corrected chi connectivity index (χ3v) is 3.90. The highest BCUT2D eigenvalue weighted by molar-refractivity contribution is 4.91. The summed E-state index contributed by atoms with van der Waals surface area (Å²) in [6.45, 7) is 5.50. The zero-order valence-corrected chi connectivity index (χ0v) is 8.41. The van der Waals surface area contributed by atoms with Crippen LogP contribution in [-0.2, 0) is 0 Å². The van der Waals surface area contributed by atoms with Gasteiger partial charge in [0, 0.05) is 18.6 Å². The number of hydrogen-bond donors (Lipinski definition) is 0. The van der Waals surface area contributed by atoms with Crippen molar-refractivity contribution < 1.29 is 0 Å². The molecule has 2 nitrogen and oxygen atoms in total. The van der Waals surface area contributed by atoms with E-state index >= 15 is 0 Å². The van der Waals surface area contributed by atoms with E-state index in [-0.39, 0.29) is 0 Å². The minimum Gasteiger partial charge on any atom is -0.299 e. The van der Waals surface area contributed by atoms with Crippen molar-refractivity contribution in [3.05, 3.63) is 0 Å². The van der Waals surface area contributed by atoms with Gasteiger partial charge in [0.05, 0.1) is 0 Å². The normalized spacial score (nSPS) is 37.4. The lowest BCUT2D eigenvalue weighted by Gasteiger charge is -2.25. The topological polar surface area (TPSA) is 6.48 Å². The summed E-state index contributed by atoms with van der Waals surface area (Å²) >= 11 is 0. The average Bonchev–Trinajstić information content (AvgIpc) is 2.91. The van der Waals surface area contributed by atoms with Crippen LogP contribution >= 0.6 is 0 Å². The monoisotopic (exact) mass is 180 g/mol. The van der Waals surface area contributed by atoms with Gasteiger partial charge in [-0.3, -0.25) is 9.80 Å².